The van der Waals surface area contributed by atoms with E-state index in [-0.39, 0.29) is 24.2 Å². The molecule has 1 aromatic rings. The Hall–Kier alpha value is -1.06. The maximum atomic E-state index is 11.7. The summed E-state index contributed by atoms with van der Waals surface area (Å²) < 4.78 is 0. The Morgan fingerprint density at radius 2 is 1.88 bits per heavy atom. The number of hydrogen-bond acceptors (Lipinski definition) is 2. The van der Waals surface area contributed by atoms with Crippen LogP contribution in [0.3, 0.4) is 0 Å². The van der Waals surface area contributed by atoms with Crippen molar-refractivity contribution in [3.8, 4) is 0 Å². The van der Waals surface area contributed by atoms with Crippen LogP contribution in [0.1, 0.15) is 19.4 Å². The summed E-state index contributed by atoms with van der Waals surface area (Å²) in [6.45, 7) is 5.82. The molecule has 3 N–H and O–H groups in total. The molecule has 0 radical (unpaired) electrons. The van der Waals surface area contributed by atoms with Crippen LogP contribution >= 0.6 is 12.4 Å². The van der Waals surface area contributed by atoms with Crippen LogP contribution in [-0.2, 0) is 4.79 Å². The van der Waals surface area contributed by atoms with Crippen molar-refractivity contribution < 1.29 is 4.79 Å². The van der Waals surface area contributed by atoms with Crippen LogP contribution in [0.15, 0.2) is 24.3 Å². The zero-order valence-electron chi connectivity index (χ0n) is 9.86. The van der Waals surface area contributed by atoms with Crippen LogP contribution in [0.25, 0.3) is 0 Å². The number of halogens is 1. The van der Waals surface area contributed by atoms with Crippen molar-refractivity contribution in [2.24, 2.45) is 11.7 Å². The van der Waals surface area contributed by atoms with E-state index in [0.29, 0.717) is 0 Å². The Balaban J connectivity index is 0.00000225. The second-order valence-corrected chi connectivity index (χ2v) is 4.07. The number of carbonyl (C=O) groups is 1. The molecular weight excluding hydrogens is 224 g/mol. The van der Waals surface area contributed by atoms with Gasteiger partial charge in [0.2, 0.25) is 5.91 Å². The Kier molecular flexibility index (Phi) is 6.08. The Bertz CT molecular complexity index is 353. The van der Waals surface area contributed by atoms with E-state index in [4.69, 9.17) is 5.73 Å². The van der Waals surface area contributed by atoms with Crippen molar-refractivity contribution in [2.45, 2.75) is 26.8 Å². The van der Waals surface area contributed by atoms with Gasteiger partial charge in [-0.15, -0.1) is 12.4 Å². The van der Waals surface area contributed by atoms with Gasteiger partial charge in [-0.05, 0) is 24.5 Å². The van der Waals surface area contributed by atoms with Gasteiger partial charge in [-0.2, -0.15) is 0 Å². The van der Waals surface area contributed by atoms with Crippen LogP contribution in [0.2, 0.25) is 0 Å². The number of carbonyl (C=O) groups excluding carboxylic acids is 1. The van der Waals surface area contributed by atoms with E-state index in [1.807, 2.05) is 45.0 Å². The fraction of sp³-hybridized carbons (Fsp3) is 0.417. The first-order chi connectivity index (χ1) is 7.02. The van der Waals surface area contributed by atoms with Gasteiger partial charge in [0.05, 0.1) is 6.04 Å². The number of benzene rings is 1. The van der Waals surface area contributed by atoms with Gasteiger partial charge in [0.1, 0.15) is 0 Å². The highest BCUT2D eigenvalue weighted by atomic mass is 35.5. The molecule has 0 aliphatic carbocycles. The minimum absolute atomic E-state index is 0. The van der Waals surface area contributed by atoms with E-state index in [9.17, 15) is 4.79 Å². The first-order valence-electron chi connectivity index (χ1n) is 5.14. The lowest BCUT2D eigenvalue weighted by atomic mass is 10.0. The molecule has 0 aliphatic rings. The van der Waals surface area contributed by atoms with Crippen LogP contribution in [-0.4, -0.2) is 11.9 Å². The summed E-state index contributed by atoms with van der Waals surface area (Å²) in [6.07, 6.45) is 0. The van der Waals surface area contributed by atoms with Crippen molar-refractivity contribution in [1.29, 1.82) is 0 Å². The average molecular weight is 243 g/mol. The van der Waals surface area contributed by atoms with E-state index >= 15 is 0 Å². The molecular formula is C12H19ClN2O. The van der Waals surface area contributed by atoms with Crippen LogP contribution in [0.4, 0.5) is 5.69 Å². The quantitative estimate of drug-likeness (QED) is 0.855. The summed E-state index contributed by atoms with van der Waals surface area (Å²) in [5.74, 6) is 0.0216. The Labute approximate surface area is 103 Å². The number of aryl methyl sites for hydroxylation is 1. The topological polar surface area (TPSA) is 55.1 Å². The molecule has 1 unspecified atom stereocenters. The fourth-order valence-electron chi connectivity index (χ4n) is 1.23. The summed E-state index contributed by atoms with van der Waals surface area (Å²) in [5.41, 5.74) is 7.62. The number of nitrogens with one attached hydrogen (secondary N) is 1. The van der Waals surface area contributed by atoms with Crippen molar-refractivity contribution in [1.82, 2.24) is 0 Å². The molecule has 0 fully saturated rings. The molecule has 4 heteroatoms. The van der Waals surface area contributed by atoms with Gasteiger partial charge in [-0.25, -0.2) is 0 Å². The Morgan fingerprint density at radius 1 is 1.31 bits per heavy atom. The van der Waals surface area contributed by atoms with E-state index in [1.165, 1.54) is 0 Å². The fourth-order valence-corrected chi connectivity index (χ4v) is 1.23. The van der Waals surface area contributed by atoms with Gasteiger partial charge in [0.25, 0.3) is 0 Å². The first-order valence-corrected chi connectivity index (χ1v) is 5.14. The minimum atomic E-state index is -0.454. The second-order valence-electron chi connectivity index (χ2n) is 4.07. The molecule has 0 aliphatic heterocycles. The maximum absolute atomic E-state index is 11.7. The number of amides is 1. The van der Waals surface area contributed by atoms with E-state index < -0.39 is 6.04 Å². The zero-order chi connectivity index (χ0) is 11.4. The van der Waals surface area contributed by atoms with Gasteiger partial charge in [0, 0.05) is 5.69 Å². The minimum Gasteiger partial charge on any atom is -0.324 e. The van der Waals surface area contributed by atoms with Gasteiger partial charge in [0.15, 0.2) is 0 Å². The molecule has 0 bridgehead atoms. The summed E-state index contributed by atoms with van der Waals surface area (Å²) >= 11 is 0. The molecule has 1 atom stereocenters. The van der Waals surface area contributed by atoms with E-state index in [0.717, 1.165) is 11.3 Å². The Morgan fingerprint density at radius 3 is 2.38 bits per heavy atom. The van der Waals surface area contributed by atoms with Crippen LogP contribution < -0.4 is 11.1 Å². The van der Waals surface area contributed by atoms with Crippen molar-refractivity contribution in [3.05, 3.63) is 29.8 Å². The molecule has 0 spiro atoms. The maximum Gasteiger partial charge on any atom is 0.241 e. The third kappa shape index (κ3) is 3.83. The lowest BCUT2D eigenvalue weighted by molar-refractivity contribution is -0.118. The largest absolute Gasteiger partial charge is 0.324 e. The lowest BCUT2D eigenvalue weighted by Gasteiger charge is -2.16. The SMILES string of the molecule is Cc1ccccc1NC(=O)C(N)C(C)C.Cl. The molecule has 1 rings (SSSR count). The monoisotopic (exact) mass is 242 g/mol. The highest BCUT2D eigenvalue weighted by Gasteiger charge is 2.17. The van der Waals surface area contributed by atoms with E-state index in [2.05, 4.69) is 5.32 Å². The molecule has 0 heterocycles. The normalized spacial score (nSPS) is 11.8. The number of hydrogen-bond donors (Lipinski definition) is 2. The number of nitrogens with two attached hydrogens (primary N) is 1. The molecule has 16 heavy (non-hydrogen) atoms. The summed E-state index contributed by atoms with van der Waals surface area (Å²) in [5, 5.41) is 2.83. The van der Waals surface area contributed by atoms with Crippen molar-refractivity contribution in [3.63, 3.8) is 0 Å². The van der Waals surface area contributed by atoms with Crippen molar-refractivity contribution >= 4 is 24.0 Å². The molecule has 0 saturated heterocycles. The standard InChI is InChI=1S/C12H18N2O.ClH/c1-8(2)11(13)12(15)14-10-7-5-4-6-9(10)3;/h4-8,11H,13H2,1-3H3,(H,14,15);1H. The molecule has 0 aromatic heterocycles. The smallest absolute Gasteiger partial charge is 0.241 e. The molecule has 1 amide bonds. The molecule has 1 aromatic carbocycles. The number of anilines is 1. The molecule has 90 valence electrons. The lowest BCUT2D eigenvalue weighted by Crippen LogP contribution is -2.39. The van der Waals surface area contributed by atoms with Gasteiger partial charge < -0.3 is 11.1 Å². The summed E-state index contributed by atoms with van der Waals surface area (Å²) in [7, 11) is 0. The zero-order valence-corrected chi connectivity index (χ0v) is 10.7. The van der Waals surface area contributed by atoms with Gasteiger partial charge in [-0.3, -0.25) is 4.79 Å². The highest BCUT2D eigenvalue weighted by molar-refractivity contribution is 5.95. The predicted molar refractivity (Wildman–Crippen MR) is 69.9 cm³/mol. The average Bonchev–Trinajstić information content (AvgIpc) is 2.20. The third-order valence-electron chi connectivity index (χ3n) is 2.42. The van der Waals surface area contributed by atoms with Crippen LogP contribution in [0.5, 0.6) is 0 Å². The summed E-state index contributed by atoms with van der Waals surface area (Å²) in [4.78, 5) is 11.7. The van der Waals surface area contributed by atoms with Crippen LogP contribution in [0, 0.1) is 12.8 Å². The molecule has 0 saturated carbocycles. The summed E-state index contributed by atoms with van der Waals surface area (Å²) in [6, 6.07) is 7.21. The van der Waals surface area contributed by atoms with Crippen molar-refractivity contribution in [2.75, 3.05) is 5.32 Å². The predicted octanol–water partition coefficient (Wildman–Crippen LogP) is 2.34. The molecule has 3 nitrogen and oxygen atoms in total. The number of para-hydroxylation sites is 1. The third-order valence-corrected chi connectivity index (χ3v) is 2.42. The first kappa shape index (κ1) is 14.9. The van der Waals surface area contributed by atoms with E-state index in [1.54, 1.807) is 0 Å². The van der Waals surface area contributed by atoms with Gasteiger partial charge in [-0.1, -0.05) is 32.0 Å². The highest BCUT2D eigenvalue weighted by Crippen LogP contribution is 2.13. The van der Waals surface area contributed by atoms with Gasteiger partial charge >= 0.3 is 0 Å². The number of rotatable bonds is 3. The second kappa shape index (κ2) is 6.51.